The van der Waals surface area contributed by atoms with E-state index in [1.165, 1.54) is 0 Å². The highest BCUT2D eigenvalue weighted by molar-refractivity contribution is 4.92. The molecule has 0 aromatic carbocycles. The molecule has 5 heteroatoms. The Hall–Kier alpha value is -1.10. The van der Waals surface area contributed by atoms with Crippen molar-refractivity contribution in [2.24, 2.45) is 5.41 Å². The third kappa shape index (κ3) is 2.18. The largest absolute Gasteiger partial charge is 0.438 e. The summed E-state index contributed by atoms with van der Waals surface area (Å²) >= 11 is 0. The standard InChI is InChI=1S/C8H14N2O3/c1-8(2,3)5(12-4)6-9-7(11)13-10-6/h5H,1-4H3,(H,9,10,11). The van der Waals surface area contributed by atoms with Gasteiger partial charge in [-0.25, -0.2) is 4.79 Å². The van der Waals surface area contributed by atoms with Crippen LogP contribution in [0.4, 0.5) is 0 Å². The quantitative estimate of drug-likeness (QED) is 0.750. The summed E-state index contributed by atoms with van der Waals surface area (Å²) in [6.07, 6.45) is -0.265. The fourth-order valence-corrected chi connectivity index (χ4v) is 1.23. The lowest BCUT2D eigenvalue weighted by atomic mass is 9.88. The summed E-state index contributed by atoms with van der Waals surface area (Å²) < 4.78 is 9.62. The molecule has 1 unspecified atom stereocenters. The van der Waals surface area contributed by atoms with E-state index in [0.717, 1.165) is 0 Å². The van der Waals surface area contributed by atoms with E-state index in [9.17, 15) is 4.79 Å². The summed E-state index contributed by atoms with van der Waals surface area (Å²) in [6, 6.07) is 0. The van der Waals surface area contributed by atoms with Crippen LogP contribution in [0.2, 0.25) is 0 Å². The highest BCUT2D eigenvalue weighted by Gasteiger charge is 2.29. The zero-order valence-electron chi connectivity index (χ0n) is 8.25. The lowest BCUT2D eigenvalue weighted by Crippen LogP contribution is -2.21. The molecule has 1 rings (SSSR count). The Kier molecular flexibility index (Phi) is 2.56. The number of aromatic nitrogens is 2. The Balaban J connectivity index is 2.97. The number of methoxy groups -OCH3 is 1. The Morgan fingerprint density at radius 3 is 2.46 bits per heavy atom. The summed E-state index contributed by atoms with van der Waals surface area (Å²) in [5.74, 6) is -0.124. The number of hydrogen-bond donors (Lipinski definition) is 1. The third-order valence-corrected chi connectivity index (χ3v) is 1.73. The molecular formula is C8H14N2O3. The minimum atomic E-state index is -0.554. The topological polar surface area (TPSA) is 68.1 Å². The maximum atomic E-state index is 10.7. The molecule has 0 saturated heterocycles. The van der Waals surface area contributed by atoms with E-state index in [0.29, 0.717) is 5.82 Å². The zero-order chi connectivity index (χ0) is 10.1. The molecule has 1 aromatic heterocycles. The number of aromatic amines is 1. The van der Waals surface area contributed by atoms with Crippen LogP contribution in [0.1, 0.15) is 32.7 Å². The number of H-pyrrole nitrogens is 1. The molecule has 13 heavy (non-hydrogen) atoms. The van der Waals surface area contributed by atoms with Crippen molar-refractivity contribution in [3.8, 4) is 0 Å². The zero-order valence-corrected chi connectivity index (χ0v) is 8.25. The van der Waals surface area contributed by atoms with Crippen molar-refractivity contribution in [2.75, 3.05) is 7.11 Å². The van der Waals surface area contributed by atoms with Crippen LogP contribution in [0.3, 0.4) is 0 Å². The van der Waals surface area contributed by atoms with Crippen molar-refractivity contribution in [3.63, 3.8) is 0 Å². The summed E-state index contributed by atoms with van der Waals surface area (Å²) in [5.41, 5.74) is -0.130. The van der Waals surface area contributed by atoms with Crippen LogP contribution < -0.4 is 5.76 Å². The van der Waals surface area contributed by atoms with Gasteiger partial charge in [0.1, 0.15) is 6.10 Å². The molecule has 0 radical (unpaired) electrons. The molecule has 0 fully saturated rings. The first kappa shape index (κ1) is 9.98. The first-order valence-electron chi connectivity index (χ1n) is 4.04. The minimum absolute atomic E-state index is 0.130. The number of nitrogens with one attached hydrogen (secondary N) is 1. The minimum Gasteiger partial charge on any atom is -0.373 e. The van der Waals surface area contributed by atoms with Gasteiger partial charge >= 0.3 is 5.76 Å². The van der Waals surface area contributed by atoms with E-state index in [-0.39, 0.29) is 11.5 Å². The highest BCUT2D eigenvalue weighted by Crippen LogP contribution is 2.32. The molecule has 0 aliphatic heterocycles. The second-order valence-corrected chi connectivity index (χ2v) is 3.96. The van der Waals surface area contributed by atoms with Gasteiger partial charge in [0, 0.05) is 7.11 Å². The highest BCUT2D eigenvalue weighted by atomic mass is 16.5. The SMILES string of the molecule is COC(c1noc(=O)[nH]1)C(C)(C)C. The molecule has 1 heterocycles. The summed E-state index contributed by atoms with van der Waals surface area (Å²) in [7, 11) is 1.57. The fraction of sp³-hybridized carbons (Fsp3) is 0.750. The maximum Gasteiger partial charge on any atom is 0.438 e. The first-order valence-corrected chi connectivity index (χ1v) is 4.04. The van der Waals surface area contributed by atoms with Crippen LogP contribution in [0.25, 0.3) is 0 Å². The third-order valence-electron chi connectivity index (χ3n) is 1.73. The van der Waals surface area contributed by atoms with Gasteiger partial charge in [-0.3, -0.25) is 9.51 Å². The predicted molar refractivity (Wildman–Crippen MR) is 46.3 cm³/mol. The summed E-state index contributed by atoms with van der Waals surface area (Å²) in [4.78, 5) is 13.2. The van der Waals surface area contributed by atoms with Crippen LogP contribution >= 0.6 is 0 Å². The molecule has 1 N–H and O–H groups in total. The summed E-state index contributed by atoms with van der Waals surface area (Å²) in [5, 5.41) is 3.59. The van der Waals surface area contributed by atoms with E-state index in [2.05, 4.69) is 14.7 Å². The van der Waals surface area contributed by atoms with Crippen molar-refractivity contribution in [3.05, 3.63) is 16.4 Å². The van der Waals surface area contributed by atoms with Crippen LogP contribution in [0.15, 0.2) is 9.32 Å². The van der Waals surface area contributed by atoms with E-state index in [1.54, 1.807) is 7.11 Å². The Morgan fingerprint density at radius 1 is 1.54 bits per heavy atom. The lowest BCUT2D eigenvalue weighted by molar-refractivity contribution is 0.00718. The summed E-state index contributed by atoms with van der Waals surface area (Å²) in [6.45, 7) is 5.98. The van der Waals surface area contributed by atoms with Crippen LogP contribution in [-0.2, 0) is 4.74 Å². The maximum absolute atomic E-state index is 10.7. The number of ether oxygens (including phenoxy) is 1. The second-order valence-electron chi connectivity index (χ2n) is 3.96. The van der Waals surface area contributed by atoms with Crippen molar-refractivity contribution in [1.82, 2.24) is 10.1 Å². The average Bonchev–Trinajstić information content (AvgIpc) is 2.34. The molecule has 0 spiro atoms. The molecule has 0 aliphatic rings. The van der Waals surface area contributed by atoms with Crippen LogP contribution in [-0.4, -0.2) is 17.3 Å². The van der Waals surface area contributed by atoms with Gasteiger partial charge in [-0.15, -0.1) is 0 Å². The lowest BCUT2D eigenvalue weighted by Gasteiger charge is -2.26. The molecule has 0 aliphatic carbocycles. The van der Waals surface area contributed by atoms with Gasteiger partial charge in [0.05, 0.1) is 0 Å². The average molecular weight is 186 g/mol. The van der Waals surface area contributed by atoms with Crippen LogP contribution in [0, 0.1) is 5.41 Å². The van der Waals surface area contributed by atoms with E-state index >= 15 is 0 Å². The van der Waals surface area contributed by atoms with E-state index in [1.807, 2.05) is 20.8 Å². The molecule has 74 valence electrons. The molecule has 1 aromatic rings. The monoisotopic (exact) mass is 186 g/mol. The van der Waals surface area contributed by atoms with Gasteiger partial charge in [-0.05, 0) is 5.41 Å². The normalized spacial score (nSPS) is 14.5. The molecule has 1 atom stereocenters. The Bertz CT molecular complexity index is 321. The Morgan fingerprint density at radius 2 is 2.15 bits per heavy atom. The molecule has 0 bridgehead atoms. The van der Waals surface area contributed by atoms with Gasteiger partial charge in [0.15, 0.2) is 5.82 Å². The number of hydrogen-bond acceptors (Lipinski definition) is 4. The van der Waals surface area contributed by atoms with E-state index in [4.69, 9.17) is 4.74 Å². The molecular weight excluding hydrogens is 172 g/mol. The van der Waals surface area contributed by atoms with E-state index < -0.39 is 5.76 Å². The van der Waals surface area contributed by atoms with Crippen molar-refractivity contribution in [2.45, 2.75) is 26.9 Å². The van der Waals surface area contributed by atoms with Gasteiger partial charge in [-0.1, -0.05) is 25.9 Å². The smallest absolute Gasteiger partial charge is 0.373 e. The van der Waals surface area contributed by atoms with Gasteiger partial charge in [0.25, 0.3) is 0 Å². The molecule has 0 saturated carbocycles. The predicted octanol–water partition coefficient (Wildman–Crippen LogP) is 1.10. The van der Waals surface area contributed by atoms with Crippen molar-refractivity contribution >= 4 is 0 Å². The molecule has 0 amide bonds. The molecule has 5 nitrogen and oxygen atoms in total. The van der Waals surface area contributed by atoms with Gasteiger partial charge < -0.3 is 4.74 Å². The fourth-order valence-electron chi connectivity index (χ4n) is 1.23. The number of rotatable bonds is 2. The first-order chi connectivity index (χ1) is 5.95. The number of nitrogens with zero attached hydrogens (tertiary/aromatic N) is 1. The van der Waals surface area contributed by atoms with Crippen molar-refractivity contribution < 1.29 is 9.26 Å². The Labute approximate surface area is 76.1 Å². The van der Waals surface area contributed by atoms with Crippen LogP contribution in [0.5, 0.6) is 0 Å². The van der Waals surface area contributed by atoms with Gasteiger partial charge in [0.2, 0.25) is 0 Å². The second kappa shape index (κ2) is 3.33. The van der Waals surface area contributed by atoms with Gasteiger partial charge in [-0.2, -0.15) is 0 Å². The van der Waals surface area contributed by atoms with Crippen molar-refractivity contribution in [1.29, 1.82) is 0 Å².